The van der Waals surface area contributed by atoms with Crippen LogP contribution in [0.4, 0.5) is 0 Å². The molecule has 2 atom stereocenters. The van der Waals surface area contributed by atoms with Crippen LogP contribution in [0.25, 0.3) is 0 Å². The third-order valence-electron chi connectivity index (χ3n) is 5.04. The summed E-state index contributed by atoms with van der Waals surface area (Å²) in [6.07, 6.45) is 0.522. The Labute approximate surface area is 201 Å². The molecule has 3 rings (SSSR count). The van der Waals surface area contributed by atoms with Gasteiger partial charge in [0.2, 0.25) is 0 Å². The molecular formula is C23H32IN3O2S. The lowest BCUT2D eigenvalue weighted by atomic mass is 10.1. The second-order valence-corrected chi connectivity index (χ2v) is 8.31. The van der Waals surface area contributed by atoms with Gasteiger partial charge in [-0.05, 0) is 49.1 Å². The average molecular weight is 541 g/mol. The number of halogens is 1. The summed E-state index contributed by atoms with van der Waals surface area (Å²) < 4.78 is 5.25. The quantitative estimate of drug-likeness (QED) is 0.224. The number of hydrogen-bond acceptors (Lipinski definition) is 4. The Hall–Kier alpha value is -1.45. The smallest absolute Gasteiger partial charge is 0.194 e. The van der Waals surface area contributed by atoms with Crippen LogP contribution in [0.2, 0.25) is 0 Å². The van der Waals surface area contributed by atoms with E-state index in [-0.39, 0.29) is 24.0 Å². The highest BCUT2D eigenvalue weighted by atomic mass is 127. The van der Waals surface area contributed by atoms with Crippen LogP contribution in [0.15, 0.2) is 64.5 Å². The Morgan fingerprint density at radius 2 is 2.07 bits per heavy atom. The molecule has 0 aromatic heterocycles. The van der Waals surface area contributed by atoms with Gasteiger partial charge in [-0.25, -0.2) is 0 Å². The summed E-state index contributed by atoms with van der Waals surface area (Å²) >= 11 is 1.92. The number of nitrogens with one attached hydrogen (secondary N) is 1. The van der Waals surface area contributed by atoms with Crippen LogP contribution in [0.3, 0.4) is 0 Å². The minimum Gasteiger partial charge on any atom is -0.497 e. The van der Waals surface area contributed by atoms with Crippen molar-refractivity contribution in [3.63, 3.8) is 0 Å². The van der Waals surface area contributed by atoms with E-state index in [1.807, 2.05) is 36.0 Å². The molecule has 0 saturated carbocycles. The number of rotatable bonds is 8. The van der Waals surface area contributed by atoms with Crippen molar-refractivity contribution in [1.82, 2.24) is 10.2 Å². The second-order valence-electron chi connectivity index (χ2n) is 7.21. The van der Waals surface area contributed by atoms with Gasteiger partial charge in [0.05, 0.1) is 19.8 Å². The number of ether oxygens (including phenoxy) is 1. The maximum absolute atomic E-state index is 10.6. The fourth-order valence-electron chi connectivity index (χ4n) is 3.44. The summed E-state index contributed by atoms with van der Waals surface area (Å²) in [7, 11) is 1.63. The summed E-state index contributed by atoms with van der Waals surface area (Å²) in [6, 6.07) is 18.1. The molecule has 30 heavy (non-hydrogen) atoms. The molecule has 2 unspecified atom stereocenters. The fourth-order valence-corrected chi connectivity index (χ4v) is 4.49. The Bertz CT molecular complexity index is 791. The molecule has 5 nitrogen and oxygen atoms in total. The van der Waals surface area contributed by atoms with Gasteiger partial charge in [0, 0.05) is 30.3 Å². The lowest BCUT2D eigenvalue weighted by molar-refractivity contribution is 0.186. The van der Waals surface area contributed by atoms with Crippen LogP contribution in [-0.4, -0.2) is 55.0 Å². The SMILES string of the molecule is CCNC(=NCC(O)c1cccc(OC)c1)N1CCC(CSc2ccccc2)C1.I. The van der Waals surface area contributed by atoms with E-state index in [2.05, 4.69) is 47.5 Å². The molecule has 0 amide bonds. The molecule has 1 aliphatic heterocycles. The van der Waals surface area contributed by atoms with Crippen molar-refractivity contribution in [2.45, 2.75) is 24.3 Å². The van der Waals surface area contributed by atoms with E-state index in [0.29, 0.717) is 12.5 Å². The van der Waals surface area contributed by atoms with Crippen molar-refractivity contribution in [1.29, 1.82) is 0 Å². The number of benzene rings is 2. The summed E-state index contributed by atoms with van der Waals surface area (Å²) in [5, 5.41) is 13.9. The Balaban J connectivity index is 0.00000320. The van der Waals surface area contributed by atoms with E-state index in [1.54, 1.807) is 7.11 Å². The first kappa shape index (κ1) is 24.8. The first-order chi connectivity index (χ1) is 14.2. The van der Waals surface area contributed by atoms with Gasteiger partial charge in [0.15, 0.2) is 5.96 Å². The lowest BCUT2D eigenvalue weighted by Crippen LogP contribution is -2.40. The topological polar surface area (TPSA) is 57.1 Å². The predicted molar refractivity (Wildman–Crippen MR) is 136 cm³/mol. The number of thioether (sulfide) groups is 1. The zero-order valence-corrected chi connectivity index (χ0v) is 20.8. The van der Waals surface area contributed by atoms with Crippen LogP contribution in [0.1, 0.15) is 25.0 Å². The highest BCUT2D eigenvalue weighted by molar-refractivity contribution is 14.0. The fraction of sp³-hybridized carbons (Fsp3) is 0.435. The molecule has 1 heterocycles. The van der Waals surface area contributed by atoms with Gasteiger partial charge in [-0.3, -0.25) is 4.99 Å². The number of aliphatic hydroxyl groups excluding tert-OH is 1. The third kappa shape index (κ3) is 7.35. The normalized spacial score (nSPS) is 17.4. The maximum atomic E-state index is 10.6. The summed E-state index contributed by atoms with van der Waals surface area (Å²) in [6.45, 7) is 5.22. The van der Waals surface area contributed by atoms with Crippen LogP contribution in [-0.2, 0) is 0 Å². The van der Waals surface area contributed by atoms with Crippen molar-refractivity contribution in [3.05, 3.63) is 60.2 Å². The van der Waals surface area contributed by atoms with E-state index in [4.69, 9.17) is 9.73 Å². The van der Waals surface area contributed by atoms with Crippen molar-refractivity contribution in [2.24, 2.45) is 10.9 Å². The molecule has 1 aliphatic rings. The van der Waals surface area contributed by atoms with Gasteiger partial charge < -0.3 is 20.1 Å². The number of aliphatic imine (C=N–C) groups is 1. The first-order valence-corrected chi connectivity index (χ1v) is 11.2. The second kappa shape index (κ2) is 13.1. The van der Waals surface area contributed by atoms with Gasteiger partial charge in [-0.15, -0.1) is 35.7 Å². The van der Waals surface area contributed by atoms with Crippen LogP contribution in [0.5, 0.6) is 5.75 Å². The summed E-state index contributed by atoms with van der Waals surface area (Å²) in [5.74, 6) is 3.40. The molecule has 7 heteroatoms. The Morgan fingerprint density at radius 3 is 2.80 bits per heavy atom. The van der Waals surface area contributed by atoms with Gasteiger partial charge in [-0.2, -0.15) is 0 Å². The first-order valence-electron chi connectivity index (χ1n) is 10.2. The molecule has 164 valence electrons. The largest absolute Gasteiger partial charge is 0.497 e. The lowest BCUT2D eigenvalue weighted by Gasteiger charge is -2.22. The van der Waals surface area contributed by atoms with Crippen molar-refractivity contribution < 1.29 is 9.84 Å². The van der Waals surface area contributed by atoms with Gasteiger partial charge in [0.25, 0.3) is 0 Å². The van der Waals surface area contributed by atoms with Gasteiger partial charge in [-0.1, -0.05) is 30.3 Å². The monoisotopic (exact) mass is 541 g/mol. The Kier molecular flexibility index (Phi) is 10.8. The number of likely N-dealkylation sites (tertiary alicyclic amines) is 1. The highest BCUT2D eigenvalue weighted by Gasteiger charge is 2.25. The molecule has 0 radical (unpaired) electrons. The Morgan fingerprint density at radius 1 is 1.27 bits per heavy atom. The average Bonchev–Trinajstić information content (AvgIpc) is 3.24. The van der Waals surface area contributed by atoms with Crippen molar-refractivity contribution >= 4 is 41.7 Å². The molecule has 1 saturated heterocycles. The number of nitrogens with zero attached hydrogens (tertiary/aromatic N) is 2. The molecule has 0 aliphatic carbocycles. The van der Waals surface area contributed by atoms with Crippen LogP contribution >= 0.6 is 35.7 Å². The number of methoxy groups -OCH3 is 1. The molecule has 2 aromatic rings. The molecule has 0 bridgehead atoms. The summed E-state index contributed by atoms with van der Waals surface area (Å²) in [5.41, 5.74) is 0.822. The highest BCUT2D eigenvalue weighted by Crippen LogP contribution is 2.26. The summed E-state index contributed by atoms with van der Waals surface area (Å²) in [4.78, 5) is 8.36. The maximum Gasteiger partial charge on any atom is 0.194 e. The standard InChI is InChI=1S/C23H31N3O2S.HI/c1-3-24-23(25-15-22(27)19-8-7-9-20(14-19)28-2)26-13-12-18(16-26)17-29-21-10-5-4-6-11-21;/h4-11,14,18,22,27H,3,12-13,15-17H2,1-2H3,(H,24,25);1H. The van der Waals surface area contributed by atoms with E-state index < -0.39 is 6.10 Å². The number of hydrogen-bond donors (Lipinski definition) is 2. The van der Waals surface area contributed by atoms with Gasteiger partial charge >= 0.3 is 0 Å². The predicted octanol–water partition coefficient (Wildman–Crippen LogP) is 4.43. The molecule has 2 N–H and O–H groups in total. The zero-order valence-electron chi connectivity index (χ0n) is 17.7. The van der Waals surface area contributed by atoms with Crippen LogP contribution in [0, 0.1) is 5.92 Å². The van der Waals surface area contributed by atoms with Crippen molar-refractivity contribution in [2.75, 3.05) is 39.0 Å². The molecule has 0 spiro atoms. The van der Waals surface area contributed by atoms with E-state index in [1.165, 1.54) is 11.3 Å². The zero-order chi connectivity index (χ0) is 20.5. The van der Waals surface area contributed by atoms with E-state index in [9.17, 15) is 5.11 Å². The number of guanidine groups is 1. The number of aliphatic hydroxyl groups is 1. The minimum atomic E-state index is -0.647. The molecule has 2 aromatic carbocycles. The van der Waals surface area contributed by atoms with E-state index >= 15 is 0 Å². The minimum absolute atomic E-state index is 0. The van der Waals surface area contributed by atoms with E-state index in [0.717, 1.165) is 42.7 Å². The van der Waals surface area contributed by atoms with Crippen LogP contribution < -0.4 is 10.1 Å². The molecule has 1 fully saturated rings. The molecular weight excluding hydrogens is 509 g/mol. The van der Waals surface area contributed by atoms with Crippen molar-refractivity contribution in [3.8, 4) is 5.75 Å². The third-order valence-corrected chi connectivity index (χ3v) is 6.29. The van der Waals surface area contributed by atoms with Gasteiger partial charge in [0.1, 0.15) is 5.75 Å².